The summed E-state index contributed by atoms with van der Waals surface area (Å²) in [6.07, 6.45) is 8.40. The zero-order valence-corrected chi connectivity index (χ0v) is 14.4. The van der Waals surface area contributed by atoms with Crippen LogP contribution in [0.15, 0.2) is 64.8 Å². The second-order valence-corrected chi connectivity index (χ2v) is 6.79. The van der Waals surface area contributed by atoms with Crippen molar-refractivity contribution in [3.63, 3.8) is 0 Å². The Morgan fingerprint density at radius 2 is 2.12 bits per heavy atom. The molecule has 0 fully saturated rings. The van der Waals surface area contributed by atoms with Crippen LogP contribution >= 0.6 is 23.4 Å². The number of carbonyl (C=O) groups excluding carboxylic acids is 1. The molecule has 0 spiro atoms. The van der Waals surface area contributed by atoms with E-state index in [1.807, 2.05) is 24.5 Å². The van der Waals surface area contributed by atoms with Crippen molar-refractivity contribution in [2.45, 2.75) is 11.3 Å². The lowest BCUT2D eigenvalue weighted by atomic mass is 10.1. The van der Waals surface area contributed by atoms with Gasteiger partial charge in [-0.05, 0) is 48.7 Å². The van der Waals surface area contributed by atoms with Crippen LogP contribution in [0.5, 0.6) is 0 Å². The Morgan fingerprint density at radius 3 is 2.88 bits per heavy atom. The van der Waals surface area contributed by atoms with Gasteiger partial charge in [0, 0.05) is 40.0 Å². The van der Waals surface area contributed by atoms with Gasteiger partial charge in [-0.15, -0.1) is 11.8 Å². The Labute approximate surface area is 150 Å². The molecule has 1 aliphatic heterocycles. The molecule has 122 valence electrons. The van der Waals surface area contributed by atoms with Gasteiger partial charge in [-0.1, -0.05) is 17.7 Å². The first-order valence-corrected chi connectivity index (χ1v) is 8.92. The van der Waals surface area contributed by atoms with Crippen molar-refractivity contribution in [3.05, 3.63) is 65.6 Å². The summed E-state index contributed by atoms with van der Waals surface area (Å²) in [6, 6.07) is 10.8. The minimum atomic E-state index is -0.221. The van der Waals surface area contributed by atoms with E-state index >= 15 is 0 Å². The molecule has 1 N–H and O–H groups in total. The molecule has 0 bridgehead atoms. The third-order valence-corrected chi connectivity index (χ3v) is 4.99. The van der Waals surface area contributed by atoms with Crippen molar-refractivity contribution in [1.82, 2.24) is 4.98 Å². The van der Waals surface area contributed by atoms with Crippen molar-refractivity contribution >= 4 is 41.2 Å². The minimum absolute atomic E-state index is 0.221. The van der Waals surface area contributed by atoms with Crippen LogP contribution in [0.25, 0.3) is 0 Å². The van der Waals surface area contributed by atoms with E-state index in [1.54, 1.807) is 42.2 Å². The normalized spacial score (nSPS) is 16.1. The topological polar surface area (TPSA) is 54.4 Å². The maximum atomic E-state index is 12.5. The third kappa shape index (κ3) is 4.46. The van der Waals surface area contributed by atoms with E-state index in [0.717, 1.165) is 17.1 Å². The number of halogens is 1. The molecule has 4 nitrogen and oxygen atoms in total. The van der Waals surface area contributed by atoms with Gasteiger partial charge >= 0.3 is 0 Å². The van der Waals surface area contributed by atoms with Gasteiger partial charge in [0.05, 0.1) is 0 Å². The highest BCUT2D eigenvalue weighted by molar-refractivity contribution is 7.99. The fourth-order valence-corrected chi connectivity index (χ4v) is 3.45. The first kappa shape index (κ1) is 16.7. The highest BCUT2D eigenvalue weighted by Gasteiger charge is 2.15. The number of rotatable bonds is 5. The molecule has 1 unspecified atom stereocenters. The zero-order valence-electron chi connectivity index (χ0n) is 12.9. The molecule has 6 heteroatoms. The molecule has 1 atom stereocenters. The van der Waals surface area contributed by atoms with E-state index in [2.05, 4.69) is 21.4 Å². The SMILES string of the molecule is O=C(Nc1ccc(Cl)cc1)c1ncccc1SCC1C=CN=CC1. The summed E-state index contributed by atoms with van der Waals surface area (Å²) in [6.45, 7) is 0. The van der Waals surface area contributed by atoms with Gasteiger partial charge < -0.3 is 5.32 Å². The average molecular weight is 358 g/mol. The maximum Gasteiger partial charge on any atom is 0.275 e. The van der Waals surface area contributed by atoms with E-state index in [-0.39, 0.29) is 5.91 Å². The zero-order chi connectivity index (χ0) is 16.8. The monoisotopic (exact) mass is 357 g/mol. The van der Waals surface area contributed by atoms with E-state index < -0.39 is 0 Å². The van der Waals surface area contributed by atoms with Crippen LogP contribution in [0.2, 0.25) is 5.02 Å². The summed E-state index contributed by atoms with van der Waals surface area (Å²) in [5, 5.41) is 3.49. The van der Waals surface area contributed by atoms with Gasteiger partial charge in [0.25, 0.3) is 5.91 Å². The summed E-state index contributed by atoms with van der Waals surface area (Å²) in [5.41, 5.74) is 1.13. The van der Waals surface area contributed by atoms with Crippen LogP contribution in [0.1, 0.15) is 16.9 Å². The lowest BCUT2D eigenvalue weighted by Gasteiger charge is -2.13. The molecule has 1 amide bonds. The molecule has 0 radical (unpaired) electrons. The van der Waals surface area contributed by atoms with Crippen molar-refractivity contribution < 1.29 is 4.79 Å². The van der Waals surface area contributed by atoms with Crippen molar-refractivity contribution in [2.75, 3.05) is 11.1 Å². The summed E-state index contributed by atoms with van der Waals surface area (Å²) < 4.78 is 0. The van der Waals surface area contributed by atoms with E-state index in [4.69, 9.17) is 11.6 Å². The van der Waals surface area contributed by atoms with Crippen molar-refractivity contribution in [1.29, 1.82) is 0 Å². The third-order valence-electron chi connectivity index (χ3n) is 3.50. The second-order valence-electron chi connectivity index (χ2n) is 5.29. The van der Waals surface area contributed by atoms with Crippen molar-refractivity contribution in [2.24, 2.45) is 10.9 Å². The molecule has 1 aromatic carbocycles. The number of allylic oxidation sites excluding steroid dienone is 1. The molecule has 24 heavy (non-hydrogen) atoms. The Bertz CT molecular complexity index is 774. The lowest BCUT2D eigenvalue weighted by molar-refractivity contribution is 0.101. The average Bonchev–Trinajstić information content (AvgIpc) is 2.63. The van der Waals surface area contributed by atoms with Gasteiger partial charge in [0.2, 0.25) is 0 Å². The van der Waals surface area contributed by atoms with Crippen LogP contribution < -0.4 is 5.32 Å². The van der Waals surface area contributed by atoms with E-state index in [1.165, 1.54) is 0 Å². The smallest absolute Gasteiger partial charge is 0.275 e. The van der Waals surface area contributed by atoms with Gasteiger partial charge in [-0.2, -0.15) is 0 Å². The highest BCUT2D eigenvalue weighted by atomic mass is 35.5. The largest absolute Gasteiger partial charge is 0.321 e. The van der Waals surface area contributed by atoms with E-state index in [9.17, 15) is 4.79 Å². The summed E-state index contributed by atoms with van der Waals surface area (Å²) >= 11 is 7.50. The fraction of sp³-hybridized carbons (Fsp3) is 0.167. The van der Waals surface area contributed by atoms with E-state index in [0.29, 0.717) is 22.3 Å². The number of thioether (sulfide) groups is 1. The quantitative estimate of drug-likeness (QED) is 0.790. The molecule has 0 saturated carbocycles. The number of hydrogen-bond acceptors (Lipinski definition) is 4. The van der Waals surface area contributed by atoms with Crippen LogP contribution in [-0.2, 0) is 0 Å². The Balaban J connectivity index is 1.68. The van der Waals surface area contributed by atoms with Crippen LogP contribution in [0.3, 0.4) is 0 Å². The molecule has 1 aliphatic rings. The second kappa shape index (κ2) is 8.13. The summed E-state index contributed by atoms with van der Waals surface area (Å²) in [4.78, 5) is 21.7. The van der Waals surface area contributed by atoms with Crippen molar-refractivity contribution in [3.8, 4) is 0 Å². The molecule has 3 rings (SSSR count). The first-order chi connectivity index (χ1) is 11.7. The summed E-state index contributed by atoms with van der Waals surface area (Å²) in [5.74, 6) is 1.09. The van der Waals surface area contributed by atoms with Crippen LogP contribution in [0.4, 0.5) is 5.69 Å². The van der Waals surface area contributed by atoms with Gasteiger partial charge in [0.15, 0.2) is 0 Å². The number of benzene rings is 1. The number of nitrogens with one attached hydrogen (secondary N) is 1. The fourth-order valence-electron chi connectivity index (χ4n) is 2.23. The van der Waals surface area contributed by atoms with Crippen LogP contribution in [0, 0.1) is 5.92 Å². The molecular formula is C18H16ClN3OS. The number of amides is 1. The van der Waals surface area contributed by atoms with Gasteiger partial charge in [0.1, 0.15) is 5.69 Å². The number of aliphatic imine (C=N–C) groups is 1. The predicted molar refractivity (Wildman–Crippen MR) is 100 cm³/mol. The summed E-state index contributed by atoms with van der Waals surface area (Å²) in [7, 11) is 0. The number of carbonyl (C=O) groups is 1. The Hall–Kier alpha value is -2.11. The maximum absolute atomic E-state index is 12.5. The van der Waals surface area contributed by atoms with Gasteiger partial charge in [-0.3, -0.25) is 9.79 Å². The highest BCUT2D eigenvalue weighted by Crippen LogP contribution is 2.26. The number of nitrogens with zero attached hydrogens (tertiary/aromatic N) is 2. The predicted octanol–water partition coefficient (Wildman–Crippen LogP) is 4.68. The number of aromatic nitrogens is 1. The molecule has 1 aromatic heterocycles. The number of anilines is 1. The number of pyridine rings is 1. The minimum Gasteiger partial charge on any atom is -0.321 e. The van der Waals surface area contributed by atoms with Crippen LogP contribution in [-0.4, -0.2) is 22.9 Å². The standard InChI is InChI=1S/C18H16ClN3OS/c19-14-3-5-15(6-4-14)22-18(23)17-16(2-1-9-21-17)24-12-13-7-10-20-11-8-13/h1-7,9-11,13H,8,12H2,(H,22,23). The molecular weight excluding hydrogens is 342 g/mol. The Kier molecular flexibility index (Phi) is 5.67. The Morgan fingerprint density at radius 1 is 1.29 bits per heavy atom. The molecule has 2 heterocycles. The number of hydrogen-bond donors (Lipinski definition) is 1. The molecule has 0 aliphatic carbocycles. The molecule has 0 saturated heterocycles. The first-order valence-electron chi connectivity index (χ1n) is 7.55. The van der Waals surface area contributed by atoms with Gasteiger partial charge in [-0.25, -0.2) is 4.98 Å². The lowest BCUT2D eigenvalue weighted by Crippen LogP contribution is -2.15. The molecule has 2 aromatic rings.